The van der Waals surface area contributed by atoms with Crippen molar-refractivity contribution in [2.75, 3.05) is 13.2 Å². The number of hydrogen-bond donors (Lipinski definition) is 3. The summed E-state index contributed by atoms with van der Waals surface area (Å²) < 4.78 is 0.945. The Morgan fingerprint density at radius 3 is 2.80 bits per heavy atom. The van der Waals surface area contributed by atoms with Crippen molar-refractivity contribution >= 4 is 40.5 Å². The number of hydrogen-bond acceptors (Lipinski definition) is 7. The van der Waals surface area contributed by atoms with Crippen LogP contribution in [0.25, 0.3) is 11.0 Å². The fourth-order valence-corrected chi connectivity index (χ4v) is 8.35. The molecule has 0 saturated carbocycles. The number of fused-ring (bicyclic) bond motifs is 2. The minimum Gasteiger partial charge on any atom is -0.394 e. The largest absolute Gasteiger partial charge is 0.394 e. The van der Waals surface area contributed by atoms with Gasteiger partial charge >= 0.3 is 0 Å². The number of aliphatic hydroxyl groups excluding tert-OH is 1. The maximum atomic E-state index is 13.9. The van der Waals surface area contributed by atoms with Gasteiger partial charge in [-0.1, -0.05) is 31.2 Å². The first kappa shape index (κ1) is 24.1. The Morgan fingerprint density at radius 2 is 2.06 bits per heavy atom. The number of aliphatic hydroxyl groups is 1. The molecule has 2 unspecified atom stereocenters. The van der Waals surface area contributed by atoms with Gasteiger partial charge in [0.15, 0.2) is 0 Å². The van der Waals surface area contributed by atoms with Gasteiger partial charge in [-0.25, -0.2) is 4.68 Å². The Kier molecular flexibility index (Phi) is 6.47. The number of amides is 3. The summed E-state index contributed by atoms with van der Waals surface area (Å²) >= 11 is 1.63. The van der Waals surface area contributed by atoms with Gasteiger partial charge in [-0.2, -0.15) is 0 Å². The zero-order chi connectivity index (χ0) is 24.7. The second-order valence-corrected chi connectivity index (χ2v) is 11.2. The maximum absolute atomic E-state index is 13.9. The van der Waals surface area contributed by atoms with Crippen LogP contribution in [0, 0.1) is 11.8 Å². The summed E-state index contributed by atoms with van der Waals surface area (Å²) in [5, 5.41) is 24.3. The molecule has 1 spiro atoms. The first-order valence-electron chi connectivity index (χ1n) is 12.4. The molecule has 188 valence electrons. The standard InChI is InChI=1S/C24H32N6O4S/c1-3-11-25-21(32)18-17-9-10-24(35-17)19(18)23(34)30(14(4-2)12-31)20(24)22(33)26-13-29-16-8-6-5-7-15(16)27-28-29/h5-8,14,17-20,31H,3-4,9-13H2,1-2H3,(H,25,32)(H,26,33)/t14-,17+,18-,19-,20?,24?/m0/s1. The summed E-state index contributed by atoms with van der Waals surface area (Å²) in [5.41, 5.74) is 1.53. The first-order chi connectivity index (χ1) is 17.0. The number of nitrogens with zero attached hydrogens (tertiary/aromatic N) is 4. The summed E-state index contributed by atoms with van der Waals surface area (Å²) in [4.78, 5) is 42.3. The summed E-state index contributed by atoms with van der Waals surface area (Å²) in [7, 11) is 0. The van der Waals surface area contributed by atoms with Crippen LogP contribution in [0.5, 0.6) is 0 Å². The van der Waals surface area contributed by atoms with E-state index in [1.54, 1.807) is 21.3 Å². The van der Waals surface area contributed by atoms with Crippen molar-refractivity contribution in [3.63, 3.8) is 0 Å². The Hall–Kier alpha value is -2.66. The molecule has 3 aliphatic rings. The number of rotatable bonds is 9. The van der Waals surface area contributed by atoms with Crippen molar-refractivity contribution < 1.29 is 19.5 Å². The first-order valence-corrected chi connectivity index (χ1v) is 13.3. The molecule has 1 aromatic heterocycles. The number of carbonyl (C=O) groups is 3. The number of aromatic nitrogens is 3. The lowest BCUT2D eigenvalue weighted by molar-refractivity contribution is -0.142. The van der Waals surface area contributed by atoms with Crippen LogP contribution in [-0.2, 0) is 21.1 Å². The number of thioether (sulfide) groups is 1. The van der Waals surface area contributed by atoms with Gasteiger partial charge in [0, 0.05) is 11.8 Å². The lowest BCUT2D eigenvalue weighted by atomic mass is 9.70. The van der Waals surface area contributed by atoms with Crippen LogP contribution in [-0.4, -0.2) is 78.0 Å². The van der Waals surface area contributed by atoms with Crippen molar-refractivity contribution in [1.29, 1.82) is 0 Å². The van der Waals surface area contributed by atoms with E-state index in [2.05, 4.69) is 20.9 Å². The quantitative estimate of drug-likeness (QED) is 0.466. The van der Waals surface area contributed by atoms with Gasteiger partial charge in [-0.3, -0.25) is 14.4 Å². The third-order valence-electron chi connectivity index (χ3n) is 7.74. The van der Waals surface area contributed by atoms with Crippen molar-refractivity contribution in [2.24, 2.45) is 11.8 Å². The van der Waals surface area contributed by atoms with Crippen molar-refractivity contribution in [3.8, 4) is 0 Å². The van der Waals surface area contributed by atoms with E-state index in [0.717, 1.165) is 23.9 Å². The maximum Gasteiger partial charge on any atom is 0.245 e. The average Bonchev–Trinajstić information content (AvgIpc) is 3.61. The molecular weight excluding hydrogens is 468 g/mol. The molecule has 1 aromatic carbocycles. The highest BCUT2D eigenvalue weighted by Gasteiger charge is 2.74. The summed E-state index contributed by atoms with van der Waals surface area (Å²) in [6, 6.07) is 6.26. The Morgan fingerprint density at radius 1 is 1.26 bits per heavy atom. The van der Waals surface area contributed by atoms with E-state index in [0.29, 0.717) is 19.4 Å². The van der Waals surface area contributed by atoms with E-state index >= 15 is 0 Å². The van der Waals surface area contributed by atoms with Gasteiger partial charge in [0.2, 0.25) is 17.7 Å². The van der Waals surface area contributed by atoms with Gasteiger partial charge < -0.3 is 20.6 Å². The van der Waals surface area contributed by atoms with Crippen LogP contribution in [0.3, 0.4) is 0 Å². The van der Waals surface area contributed by atoms with Gasteiger partial charge in [-0.05, 0) is 37.8 Å². The molecule has 35 heavy (non-hydrogen) atoms. The van der Waals surface area contributed by atoms with Gasteiger partial charge in [0.25, 0.3) is 0 Å². The third-order valence-corrected chi connectivity index (χ3v) is 9.69. The summed E-state index contributed by atoms with van der Waals surface area (Å²) in [5.74, 6) is -1.59. The normalized spacial score (nSPS) is 30.0. The molecule has 2 aromatic rings. The van der Waals surface area contributed by atoms with Crippen LogP contribution in [0.4, 0.5) is 0 Å². The Bertz CT molecular complexity index is 1140. The molecule has 3 N–H and O–H groups in total. The van der Waals surface area contributed by atoms with Crippen LogP contribution < -0.4 is 10.6 Å². The molecule has 0 radical (unpaired) electrons. The lowest BCUT2D eigenvalue weighted by Gasteiger charge is -2.36. The highest BCUT2D eigenvalue weighted by Crippen LogP contribution is 2.66. The number of para-hydroxylation sites is 1. The van der Waals surface area contributed by atoms with Crippen LogP contribution >= 0.6 is 11.8 Å². The molecule has 5 rings (SSSR count). The number of carbonyl (C=O) groups excluding carboxylic acids is 3. The highest BCUT2D eigenvalue weighted by atomic mass is 32.2. The lowest BCUT2D eigenvalue weighted by Crippen LogP contribution is -2.56. The number of likely N-dealkylation sites (tertiary alicyclic amines) is 1. The topological polar surface area (TPSA) is 129 Å². The van der Waals surface area contributed by atoms with Gasteiger partial charge in [0.1, 0.15) is 18.2 Å². The predicted molar refractivity (Wildman–Crippen MR) is 131 cm³/mol. The molecule has 10 nitrogen and oxygen atoms in total. The fourth-order valence-electron chi connectivity index (χ4n) is 6.15. The van der Waals surface area contributed by atoms with Crippen LogP contribution in [0.2, 0.25) is 0 Å². The SMILES string of the molecule is CCCNC(=O)[C@@H]1[C@H]2C(=O)N([C@@H](CC)CO)C(C(=O)NCn3nnc4ccccc43)C23CC[C@H]1S3. The second kappa shape index (κ2) is 9.42. The zero-order valence-corrected chi connectivity index (χ0v) is 20.8. The third kappa shape index (κ3) is 3.70. The minimum absolute atomic E-state index is 0.0201. The van der Waals surface area contributed by atoms with Crippen molar-refractivity contribution in [1.82, 2.24) is 30.5 Å². The van der Waals surface area contributed by atoms with E-state index in [-0.39, 0.29) is 36.2 Å². The molecule has 11 heteroatoms. The summed E-state index contributed by atoms with van der Waals surface area (Å²) in [6.07, 6.45) is 2.82. The molecule has 2 bridgehead atoms. The van der Waals surface area contributed by atoms with Gasteiger partial charge in [0.05, 0.1) is 34.7 Å². The summed E-state index contributed by atoms with van der Waals surface area (Å²) in [6.45, 7) is 4.33. The van der Waals surface area contributed by atoms with E-state index < -0.39 is 28.7 Å². The Labute approximate surface area is 208 Å². The zero-order valence-electron chi connectivity index (χ0n) is 20.0. The van der Waals surface area contributed by atoms with Crippen LogP contribution in [0.15, 0.2) is 24.3 Å². The molecular formula is C24H32N6O4S. The molecule has 3 amide bonds. The predicted octanol–water partition coefficient (Wildman–Crippen LogP) is 0.893. The fraction of sp³-hybridized carbons (Fsp3) is 0.625. The molecule has 0 aliphatic carbocycles. The highest BCUT2D eigenvalue weighted by molar-refractivity contribution is 8.02. The molecule has 6 atom stereocenters. The minimum atomic E-state index is -0.758. The van der Waals surface area contributed by atoms with E-state index in [4.69, 9.17) is 0 Å². The average molecular weight is 501 g/mol. The van der Waals surface area contributed by atoms with Gasteiger partial charge in [-0.15, -0.1) is 16.9 Å². The van der Waals surface area contributed by atoms with Crippen molar-refractivity contribution in [2.45, 2.75) is 68.3 Å². The second-order valence-electron chi connectivity index (χ2n) is 9.61. The monoisotopic (exact) mass is 500 g/mol. The van der Waals surface area contributed by atoms with E-state index in [1.807, 2.05) is 38.1 Å². The number of benzene rings is 1. The van der Waals surface area contributed by atoms with Crippen molar-refractivity contribution in [3.05, 3.63) is 24.3 Å². The van der Waals surface area contributed by atoms with E-state index in [1.165, 1.54) is 0 Å². The number of nitrogens with one attached hydrogen (secondary N) is 2. The Balaban J connectivity index is 1.45. The smallest absolute Gasteiger partial charge is 0.245 e. The molecule has 3 fully saturated rings. The molecule has 3 aliphatic heterocycles. The molecule has 4 heterocycles. The van der Waals surface area contributed by atoms with Crippen LogP contribution in [0.1, 0.15) is 39.5 Å². The van der Waals surface area contributed by atoms with E-state index in [9.17, 15) is 19.5 Å². The molecule has 3 saturated heterocycles.